The zero-order valence-electron chi connectivity index (χ0n) is 12.7. The predicted octanol–water partition coefficient (Wildman–Crippen LogP) is -0.0997. The molecule has 8 nitrogen and oxygen atoms in total. The van der Waals surface area contributed by atoms with Crippen molar-refractivity contribution in [1.82, 2.24) is 24.7 Å². The molecule has 2 aromatic rings. The Hall–Kier alpha value is -2.22. The minimum absolute atomic E-state index is 0.0590. The van der Waals surface area contributed by atoms with Crippen molar-refractivity contribution < 1.29 is 4.79 Å². The fraction of sp³-hybridized carbons (Fsp3) is 0.571. The zero-order chi connectivity index (χ0) is 15.5. The van der Waals surface area contributed by atoms with E-state index < -0.39 is 0 Å². The normalized spacial score (nSPS) is 17.0. The van der Waals surface area contributed by atoms with Gasteiger partial charge in [-0.1, -0.05) is 13.3 Å². The van der Waals surface area contributed by atoms with Gasteiger partial charge in [-0.25, -0.2) is 0 Å². The Kier molecular flexibility index (Phi) is 4.19. The molecule has 22 heavy (non-hydrogen) atoms. The van der Waals surface area contributed by atoms with Gasteiger partial charge in [0, 0.05) is 26.2 Å². The van der Waals surface area contributed by atoms with E-state index in [4.69, 9.17) is 5.73 Å². The maximum absolute atomic E-state index is 12.2. The first kappa shape index (κ1) is 14.7. The lowest BCUT2D eigenvalue weighted by Crippen LogP contribution is -2.53. The molecule has 1 aliphatic rings. The van der Waals surface area contributed by atoms with E-state index in [1.165, 1.54) is 0 Å². The number of aromatic nitrogens is 4. The Bertz CT molecular complexity index is 647. The molecule has 1 unspecified atom stereocenters. The van der Waals surface area contributed by atoms with E-state index in [0.717, 1.165) is 37.4 Å². The van der Waals surface area contributed by atoms with Gasteiger partial charge in [-0.2, -0.15) is 4.52 Å². The minimum Gasteiger partial charge on any atom is -0.352 e. The summed E-state index contributed by atoms with van der Waals surface area (Å²) in [5, 5.41) is 12.2. The summed E-state index contributed by atoms with van der Waals surface area (Å²) in [5.74, 6) is 0.931. The molecule has 118 valence electrons. The van der Waals surface area contributed by atoms with Crippen LogP contribution in [-0.2, 0) is 4.79 Å². The van der Waals surface area contributed by atoms with E-state index in [2.05, 4.69) is 20.2 Å². The second-order valence-electron chi connectivity index (χ2n) is 5.53. The van der Waals surface area contributed by atoms with Crippen LogP contribution in [0.15, 0.2) is 18.5 Å². The summed E-state index contributed by atoms with van der Waals surface area (Å²) in [6, 6.07) is 3.46. The van der Waals surface area contributed by atoms with Gasteiger partial charge in [0.25, 0.3) is 0 Å². The first-order valence-electron chi connectivity index (χ1n) is 7.65. The molecule has 1 aliphatic heterocycles. The summed E-state index contributed by atoms with van der Waals surface area (Å²) in [4.78, 5) is 16.2. The molecule has 0 bridgehead atoms. The first-order valence-corrected chi connectivity index (χ1v) is 7.65. The van der Waals surface area contributed by atoms with E-state index in [9.17, 15) is 4.79 Å². The van der Waals surface area contributed by atoms with E-state index in [0.29, 0.717) is 13.1 Å². The Balaban J connectivity index is 1.62. The highest BCUT2D eigenvalue weighted by molar-refractivity contribution is 5.81. The second-order valence-corrected chi connectivity index (χ2v) is 5.53. The van der Waals surface area contributed by atoms with Crippen molar-refractivity contribution in [3.63, 3.8) is 0 Å². The van der Waals surface area contributed by atoms with Gasteiger partial charge in [-0.15, -0.1) is 15.3 Å². The number of fused-ring (bicyclic) bond motifs is 1. The van der Waals surface area contributed by atoms with E-state index in [-0.39, 0.29) is 11.9 Å². The van der Waals surface area contributed by atoms with Crippen molar-refractivity contribution in [3.05, 3.63) is 18.5 Å². The molecule has 8 heteroatoms. The summed E-state index contributed by atoms with van der Waals surface area (Å²) in [7, 11) is 0. The minimum atomic E-state index is -0.372. The number of rotatable bonds is 4. The molecule has 2 aromatic heterocycles. The Morgan fingerprint density at radius 1 is 1.32 bits per heavy atom. The predicted molar refractivity (Wildman–Crippen MR) is 82.5 cm³/mol. The number of hydrogen-bond acceptors (Lipinski definition) is 6. The van der Waals surface area contributed by atoms with Gasteiger partial charge >= 0.3 is 0 Å². The summed E-state index contributed by atoms with van der Waals surface area (Å²) in [6.45, 7) is 4.91. The smallest absolute Gasteiger partial charge is 0.239 e. The van der Waals surface area contributed by atoms with Crippen LogP contribution < -0.4 is 10.6 Å². The van der Waals surface area contributed by atoms with Crippen LogP contribution in [0.4, 0.5) is 5.82 Å². The van der Waals surface area contributed by atoms with Crippen molar-refractivity contribution >= 4 is 17.4 Å². The van der Waals surface area contributed by atoms with Crippen LogP contribution in [0.5, 0.6) is 0 Å². The van der Waals surface area contributed by atoms with Crippen LogP contribution in [0.25, 0.3) is 5.65 Å². The van der Waals surface area contributed by atoms with Gasteiger partial charge in [0.2, 0.25) is 5.91 Å². The fourth-order valence-electron chi connectivity index (χ4n) is 2.71. The zero-order valence-corrected chi connectivity index (χ0v) is 12.7. The third-order valence-electron chi connectivity index (χ3n) is 3.98. The molecule has 0 spiro atoms. The summed E-state index contributed by atoms with van der Waals surface area (Å²) in [5.41, 5.74) is 6.65. The largest absolute Gasteiger partial charge is 0.352 e. The topological polar surface area (TPSA) is 92.7 Å². The number of piperazine rings is 1. The Labute approximate surface area is 128 Å². The van der Waals surface area contributed by atoms with E-state index in [1.807, 2.05) is 24.0 Å². The highest BCUT2D eigenvalue weighted by atomic mass is 16.2. The van der Waals surface area contributed by atoms with Gasteiger partial charge < -0.3 is 15.5 Å². The van der Waals surface area contributed by atoms with Crippen molar-refractivity contribution in [2.24, 2.45) is 5.73 Å². The van der Waals surface area contributed by atoms with Crippen molar-refractivity contribution in [2.75, 3.05) is 31.1 Å². The van der Waals surface area contributed by atoms with Crippen LogP contribution in [-0.4, -0.2) is 62.8 Å². The molecule has 0 saturated carbocycles. The van der Waals surface area contributed by atoms with Crippen LogP contribution >= 0.6 is 0 Å². The highest BCUT2D eigenvalue weighted by Gasteiger charge is 2.25. The SMILES string of the molecule is CCCC(N)C(=O)N1CCN(c2ccc3nncn3n2)CC1. The lowest BCUT2D eigenvalue weighted by Gasteiger charge is -2.36. The molecule has 0 aromatic carbocycles. The molecule has 1 amide bonds. The van der Waals surface area contributed by atoms with E-state index in [1.54, 1.807) is 10.8 Å². The number of amides is 1. The number of nitrogens with two attached hydrogens (primary N) is 1. The molecule has 0 aliphatic carbocycles. The van der Waals surface area contributed by atoms with Gasteiger partial charge in [0.15, 0.2) is 5.65 Å². The van der Waals surface area contributed by atoms with Gasteiger partial charge in [-0.3, -0.25) is 4.79 Å². The number of carbonyl (C=O) groups excluding carboxylic acids is 1. The third kappa shape index (κ3) is 2.87. The molecule has 3 rings (SSSR count). The molecule has 2 N–H and O–H groups in total. The van der Waals surface area contributed by atoms with Gasteiger partial charge in [-0.05, 0) is 18.6 Å². The maximum Gasteiger partial charge on any atom is 0.239 e. The molecular weight excluding hydrogens is 282 g/mol. The Morgan fingerprint density at radius 3 is 2.82 bits per heavy atom. The average molecular weight is 303 g/mol. The molecule has 0 radical (unpaired) electrons. The van der Waals surface area contributed by atoms with Crippen LogP contribution in [0.3, 0.4) is 0 Å². The summed E-state index contributed by atoms with van der Waals surface area (Å²) >= 11 is 0. The fourth-order valence-corrected chi connectivity index (χ4v) is 2.71. The van der Waals surface area contributed by atoms with Crippen LogP contribution in [0.2, 0.25) is 0 Å². The van der Waals surface area contributed by atoms with Gasteiger partial charge in [0.05, 0.1) is 6.04 Å². The summed E-state index contributed by atoms with van der Waals surface area (Å²) in [6.07, 6.45) is 3.25. The summed E-state index contributed by atoms with van der Waals surface area (Å²) < 4.78 is 1.66. The lowest BCUT2D eigenvalue weighted by molar-refractivity contribution is -0.133. The van der Waals surface area contributed by atoms with Crippen LogP contribution in [0, 0.1) is 0 Å². The Morgan fingerprint density at radius 2 is 2.09 bits per heavy atom. The van der Waals surface area contributed by atoms with Crippen molar-refractivity contribution in [3.8, 4) is 0 Å². The second kappa shape index (κ2) is 6.27. The van der Waals surface area contributed by atoms with E-state index >= 15 is 0 Å². The quantitative estimate of drug-likeness (QED) is 0.848. The highest BCUT2D eigenvalue weighted by Crippen LogP contribution is 2.14. The lowest BCUT2D eigenvalue weighted by atomic mass is 10.1. The molecule has 1 fully saturated rings. The van der Waals surface area contributed by atoms with Gasteiger partial charge in [0.1, 0.15) is 12.1 Å². The number of carbonyl (C=O) groups is 1. The number of hydrogen-bond donors (Lipinski definition) is 1. The molecule has 1 saturated heterocycles. The van der Waals surface area contributed by atoms with Crippen LogP contribution in [0.1, 0.15) is 19.8 Å². The maximum atomic E-state index is 12.2. The van der Waals surface area contributed by atoms with Crippen molar-refractivity contribution in [1.29, 1.82) is 0 Å². The molecule has 3 heterocycles. The first-order chi connectivity index (χ1) is 10.7. The monoisotopic (exact) mass is 303 g/mol. The third-order valence-corrected chi connectivity index (χ3v) is 3.98. The standard InChI is InChI=1S/C14H21N7O/c1-2-3-11(15)14(22)20-8-6-19(7-9-20)13-5-4-12-17-16-10-21(12)18-13/h4-5,10-11H,2-3,6-9,15H2,1H3. The molecule has 1 atom stereocenters. The molecular formula is C14H21N7O. The number of anilines is 1. The van der Waals surface area contributed by atoms with Crippen molar-refractivity contribution in [2.45, 2.75) is 25.8 Å². The average Bonchev–Trinajstić information content (AvgIpc) is 3.02. The number of nitrogens with zero attached hydrogens (tertiary/aromatic N) is 6.